The largest absolute Gasteiger partial charge is 0.357 e. The van der Waals surface area contributed by atoms with Crippen molar-refractivity contribution < 1.29 is 0 Å². The molecule has 0 bridgehead atoms. The van der Waals surface area contributed by atoms with Gasteiger partial charge in [0, 0.05) is 23.2 Å². The summed E-state index contributed by atoms with van der Waals surface area (Å²) in [7, 11) is 0. The number of imidazole rings is 1. The molecule has 0 radical (unpaired) electrons. The first-order valence-corrected chi connectivity index (χ1v) is 5.39. The Kier molecular flexibility index (Phi) is 1.53. The molecule has 0 saturated heterocycles. The molecule has 0 saturated carbocycles. The van der Waals surface area contributed by atoms with Gasteiger partial charge in [0.05, 0.1) is 11.0 Å². The Labute approximate surface area is 96.3 Å². The summed E-state index contributed by atoms with van der Waals surface area (Å²) in [6.45, 7) is 0. The van der Waals surface area contributed by atoms with Gasteiger partial charge in [-0.15, -0.1) is 0 Å². The van der Waals surface area contributed by atoms with Gasteiger partial charge in [-0.2, -0.15) is 0 Å². The lowest BCUT2D eigenvalue weighted by atomic mass is 10.1. The number of H-pyrrole nitrogens is 1. The Morgan fingerprint density at radius 3 is 2.47 bits per heavy atom. The number of fused-ring (bicyclic) bond motifs is 6. The number of hydrogen-bond acceptors (Lipinski definition) is 3. The van der Waals surface area contributed by atoms with Crippen molar-refractivity contribution in [3.8, 4) is 0 Å². The molecular formula is C13H8N4. The molecule has 2 heterocycles. The monoisotopic (exact) mass is 220 g/mol. The summed E-state index contributed by atoms with van der Waals surface area (Å²) in [4.78, 5) is 16.3. The zero-order valence-electron chi connectivity index (χ0n) is 8.88. The normalized spacial score (nSPS) is 11.5. The Morgan fingerprint density at radius 1 is 0.824 bits per heavy atom. The fourth-order valence-corrected chi connectivity index (χ4v) is 2.29. The van der Waals surface area contributed by atoms with Crippen molar-refractivity contribution in [3.63, 3.8) is 0 Å². The number of aromatic nitrogens is 4. The first-order valence-electron chi connectivity index (χ1n) is 5.39. The highest BCUT2D eigenvalue weighted by atomic mass is 14.9. The zero-order chi connectivity index (χ0) is 11.2. The van der Waals surface area contributed by atoms with Crippen LogP contribution in [0.2, 0.25) is 0 Å². The number of nitrogens with one attached hydrogen (secondary N) is 1. The third-order valence-corrected chi connectivity index (χ3v) is 3.01. The number of nitrogens with zero attached hydrogens (tertiary/aromatic N) is 3. The highest BCUT2D eigenvalue weighted by Crippen LogP contribution is 2.30. The molecule has 0 aliphatic rings. The number of benzene rings is 2. The molecule has 0 spiro atoms. The van der Waals surface area contributed by atoms with Crippen molar-refractivity contribution in [1.82, 2.24) is 19.9 Å². The SMILES string of the molecule is c1ccc2c(c1)c1ncnc1c1[nH]ccnc21. The molecule has 4 heteroatoms. The molecule has 4 rings (SSSR count). The van der Waals surface area contributed by atoms with E-state index in [1.54, 1.807) is 12.5 Å². The summed E-state index contributed by atoms with van der Waals surface area (Å²) in [6, 6.07) is 8.14. The molecule has 80 valence electrons. The quantitative estimate of drug-likeness (QED) is 0.463. The van der Waals surface area contributed by atoms with Crippen LogP contribution in [0.5, 0.6) is 0 Å². The number of rotatable bonds is 0. The van der Waals surface area contributed by atoms with Crippen molar-refractivity contribution in [2.45, 2.75) is 0 Å². The van der Waals surface area contributed by atoms with Crippen LogP contribution < -0.4 is 0 Å². The van der Waals surface area contributed by atoms with E-state index < -0.39 is 0 Å². The lowest BCUT2D eigenvalue weighted by molar-refractivity contribution is 1.30. The summed E-state index contributed by atoms with van der Waals surface area (Å²) < 4.78 is 0. The summed E-state index contributed by atoms with van der Waals surface area (Å²) in [6.07, 6.45) is 5.17. The average molecular weight is 220 g/mol. The van der Waals surface area contributed by atoms with Gasteiger partial charge in [0.2, 0.25) is 0 Å². The van der Waals surface area contributed by atoms with Gasteiger partial charge < -0.3 is 4.98 Å². The molecule has 17 heavy (non-hydrogen) atoms. The van der Waals surface area contributed by atoms with Gasteiger partial charge in [-0.25, -0.2) is 9.97 Å². The third kappa shape index (κ3) is 1.04. The van der Waals surface area contributed by atoms with Crippen LogP contribution in [-0.4, -0.2) is 19.9 Å². The minimum atomic E-state index is 0.881. The average Bonchev–Trinajstić information content (AvgIpc) is 2.89. The van der Waals surface area contributed by atoms with E-state index in [1.165, 1.54) is 0 Å². The fraction of sp³-hybridized carbons (Fsp3) is 0. The Morgan fingerprint density at radius 2 is 1.59 bits per heavy atom. The molecule has 0 amide bonds. The van der Waals surface area contributed by atoms with Crippen LogP contribution in [-0.2, 0) is 0 Å². The van der Waals surface area contributed by atoms with E-state index in [2.05, 4.69) is 32.1 Å². The molecule has 1 N–H and O–H groups in total. The highest BCUT2D eigenvalue weighted by Gasteiger charge is 2.11. The van der Waals surface area contributed by atoms with Gasteiger partial charge in [-0.1, -0.05) is 24.3 Å². The van der Waals surface area contributed by atoms with E-state index in [0.717, 1.165) is 32.8 Å². The van der Waals surface area contributed by atoms with E-state index in [-0.39, 0.29) is 0 Å². The van der Waals surface area contributed by atoms with E-state index in [4.69, 9.17) is 0 Å². The van der Waals surface area contributed by atoms with E-state index in [0.29, 0.717) is 0 Å². The summed E-state index contributed by atoms with van der Waals surface area (Å²) in [5, 5.41) is 2.20. The van der Waals surface area contributed by atoms with Gasteiger partial charge >= 0.3 is 0 Å². The standard InChI is InChI=1S/C13H8N4/c1-2-4-9-8(3-1)10-12(15-6-5-14-10)13-11(9)16-7-17-13/h1-7,15H. The van der Waals surface area contributed by atoms with Crippen molar-refractivity contribution in [3.05, 3.63) is 43.0 Å². The number of aromatic amines is 1. The van der Waals surface area contributed by atoms with Gasteiger partial charge in [-0.3, -0.25) is 4.98 Å². The van der Waals surface area contributed by atoms with Crippen LogP contribution in [0.1, 0.15) is 0 Å². The van der Waals surface area contributed by atoms with Crippen LogP contribution >= 0.6 is 0 Å². The second kappa shape index (κ2) is 3.01. The minimum absolute atomic E-state index is 0.881. The van der Waals surface area contributed by atoms with E-state index in [1.807, 2.05) is 18.3 Å². The molecular weight excluding hydrogens is 212 g/mol. The molecule has 0 unspecified atom stereocenters. The first-order chi connectivity index (χ1) is 8.45. The van der Waals surface area contributed by atoms with Gasteiger partial charge in [0.25, 0.3) is 0 Å². The summed E-state index contributed by atoms with van der Waals surface area (Å²) in [5.74, 6) is 0. The molecule has 0 aliphatic carbocycles. The first kappa shape index (κ1) is 8.64. The topological polar surface area (TPSA) is 54.5 Å². The molecule has 4 aromatic rings. The van der Waals surface area contributed by atoms with Crippen molar-refractivity contribution in [2.24, 2.45) is 0 Å². The van der Waals surface area contributed by atoms with Crippen LogP contribution in [0.4, 0.5) is 0 Å². The van der Waals surface area contributed by atoms with E-state index >= 15 is 0 Å². The van der Waals surface area contributed by atoms with Crippen LogP contribution in [0.15, 0.2) is 43.0 Å². The Hall–Kier alpha value is -2.49. The predicted octanol–water partition coefficient (Wildman–Crippen LogP) is 2.66. The summed E-state index contributed by atoms with van der Waals surface area (Å²) >= 11 is 0. The van der Waals surface area contributed by atoms with Crippen LogP contribution in [0, 0.1) is 0 Å². The summed E-state index contributed by atoms with van der Waals surface area (Å²) in [5.41, 5.74) is 3.69. The lowest BCUT2D eigenvalue weighted by Gasteiger charge is -2.03. The molecule has 0 fully saturated rings. The maximum atomic E-state index is 4.44. The van der Waals surface area contributed by atoms with Gasteiger partial charge in [0.15, 0.2) is 0 Å². The number of hydrogen-bond donors (Lipinski definition) is 1. The molecule has 0 atom stereocenters. The third-order valence-electron chi connectivity index (χ3n) is 3.01. The minimum Gasteiger partial charge on any atom is -0.357 e. The Bertz CT molecular complexity index is 778. The second-order valence-corrected chi connectivity index (χ2v) is 3.93. The lowest BCUT2D eigenvalue weighted by Crippen LogP contribution is -1.87. The molecule has 2 aromatic carbocycles. The second-order valence-electron chi connectivity index (χ2n) is 3.93. The van der Waals surface area contributed by atoms with Crippen molar-refractivity contribution in [1.29, 1.82) is 0 Å². The van der Waals surface area contributed by atoms with Gasteiger partial charge in [-0.05, 0) is 0 Å². The molecule has 0 aliphatic heterocycles. The predicted molar refractivity (Wildman–Crippen MR) is 66.7 cm³/mol. The smallest absolute Gasteiger partial charge is 0.117 e. The van der Waals surface area contributed by atoms with Crippen molar-refractivity contribution >= 4 is 32.8 Å². The zero-order valence-corrected chi connectivity index (χ0v) is 8.88. The van der Waals surface area contributed by atoms with Crippen molar-refractivity contribution in [2.75, 3.05) is 0 Å². The van der Waals surface area contributed by atoms with Crippen LogP contribution in [0.3, 0.4) is 0 Å². The van der Waals surface area contributed by atoms with Crippen LogP contribution in [0.25, 0.3) is 32.8 Å². The molecule has 4 nitrogen and oxygen atoms in total. The maximum Gasteiger partial charge on any atom is 0.117 e. The Balaban J connectivity index is 2.48. The fourth-order valence-electron chi connectivity index (χ4n) is 2.29. The maximum absolute atomic E-state index is 4.44. The van der Waals surface area contributed by atoms with E-state index in [9.17, 15) is 0 Å². The highest BCUT2D eigenvalue weighted by molar-refractivity contribution is 6.20. The molecule has 2 aromatic heterocycles. The van der Waals surface area contributed by atoms with Gasteiger partial charge in [0.1, 0.15) is 17.4 Å².